The number of hydrogen-bond donors (Lipinski definition) is 2. The smallest absolute Gasteiger partial charge is 0.263 e. The van der Waals surface area contributed by atoms with Gasteiger partial charge in [-0.25, -0.2) is 17.2 Å². The molecular formula is C15H9F2N3O3S. The quantitative estimate of drug-likeness (QED) is 0.755. The molecule has 0 aliphatic heterocycles. The minimum Gasteiger partial charge on any atom is -0.472 e. The van der Waals surface area contributed by atoms with Gasteiger partial charge in [0, 0.05) is 17.8 Å². The van der Waals surface area contributed by atoms with E-state index in [9.17, 15) is 17.2 Å². The van der Waals surface area contributed by atoms with Crippen molar-refractivity contribution in [2.75, 3.05) is 4.72 Å². The number of anilines is 1. The fourth-order valence-corrected chi connectivity index (χ4v) is 3.08. The molecular weight excluding hydrogens is 340 g/mol. The normalized spacial score (nSPS) is 11.2. The summed E-state index contributed by atoms with van der Waals surface area (Å²) in [5.41, 5.74) is 0.0135. The van der Waals surface area contributed by atoms with Crippen molar-refractivity contribution in [3.05, 3.63) is 60.2 Å². The third kappa shape index (κ3) is 2.87. The Labute approximate surface area is 135 Å². The van der Waals surface area contributed by atoms with Crippen LogP contribution in [0.4, 0.5) is 14.5 Å². The molecule has 0 amide bonds. The molecule has 0 fully saturated rings. The van der Waals surface area contributed by atoms with Crippen LogP contribution in [0, 0.1) is 23.0 Å². The van der Waals surface area contributed by atoms with E-state index in [1.165, 1.54) is 30.9 Å². The molecule has 2 aromatic heterocycles. The summed E-state index contributed by atoms with van der Waals surface area (Å²) in [5, 5.41) is 8.63. The zero-order valence-corrected chi connectivity index (χ0v) is 12.7. The summed E-state index contributed by atoms with van der Waals surface area (Å²) in [5.74, 6) is -2.08. The lowest BCUT2D eigenvalue weighted by Gasteiger charge is -2.08. The molecule has 2 N–H and O–H groups in total. The van der Waals surface area contributed by atoms with Crippen LogP contribution in [-0.4, -0.2) is 13.4 Å². The van der Waals surface area contributed by atoms with Crippen LogP contribution in [-0.2, 0) is 10.0 Å². The van der Waals surface area contributed by atoms with E-state index in [-0.39, 0.29) is 4.90 Å². The Kier molecular flexibility index (Phi) is 3.83. The number of rotatable bonds is 4. The van der Waals surface area contributed by atoms with Crippen LogP contribution >= 0.6 is 0 Å². The molecule has 0 saturated carbocycles. The summed E-state index contributed by atoms with van der Waals surface area (Å²) in [6.45, 7) is 0. The van der Waals surface area contributed by atoms with Gasteiger partial charge in [-0.2, -0.15) is 5.26 Å². The predicted molar refractivity (Wildman–Crippen MR) is 80.4 cm³/mol. The van der Waals surface area contributed by atoms with E-state index in [0.717, 1.165) is 0 Å². The van der Waals surface area contributed by atoms with E-state index in [2.05, 4.69) is 4.98 Å². The number of nitrogens with zero attached hydrogens (tertiary/aromatic N) is 1. The fraction of sp³-hybridized carbons (Fsp3) is 0. The molecule has 24 heavy (non-hydrogen) atoms. The van der Waals surface area contributed by atoms with Crippen molar-refractivity contribution < 1.29 is 21.6 Å². The lowest BCUT2D eigenvalue weighted by Crippen LogP contribution is -2.13. The van der Waals surface area contributed by atoms with Crippen molar-refractivity contribution in [1.82, 2.24) is 4.98 Å². The number of aromatic amines is 1. The molecule has 0 spiro atoms. The Balaban J connectivity index is 1.93. The zero-order chi connectivity index (χ0) is 17.3. The van der Waals surface area contributed by atoms with Gasteiger partial charge in [0.15, 0.2) is 0 Å². The van der Waals surface area contributed by atoms with Gasteiger partial charge in [-0.15, -0.1) is 0 Å². The average Bonchev–Trinajstić information content (AvgIpc) is 3.20. The largest absolute Gasteiger partial charge is 0.472 e. The van der Waals surface area contributed by atoms with Gasteiger partial charge in [0.2, 0.25) is 0 Å². The van der Waals surface area contributed by atoms with Crippen LogP contribution in [0.2, 0.25) is 0 Å². The van der Waals surface area contributed by atoms with Gasteiger partial charge in [0.1, 0.15) is 22.6 Å². The molecule has 2 heterocycles. The lowest BCUT2D eigenvalue weighted by atomic mass is 10.2. The second-order valence-corrected chi connectivity index (χ2v) is 6.47. The monoisotopic (exact) mass is 349 g/mol. The van der Waals surface area contributed by atoms with E-state index in [1.807, 2.05) is 4.72 Å². The number of halogens is 2. The summed E-state index contributed by atoms with van der Waals surface area (Å²) in [4.78, 5) is 2.59. The number of benzene rings is 1. The zero-order valence-electron chi connectivity index (χ0n) is 11.9. The fourth-order valence-electron chi connectivity index (χ4n) is 2.03. The SMILES string of the molecule is N#Cc1cc(F)c(NS(=O)(=O)c2c[nH]c(-c3ccoc3)c2)cc1F. The molecule has 0 aliphatic rings. The van der Waals surface area contributed by atoms with E-state index in [0.29, 0.717) is 23.4 Å². The minimum absolute atomic E-state index is 0.164. The molecule has 122 valence electrons. The molecule has 0 aliphatic carbocycles. The Morgan fingerprint density at radius 1 is 1.21 bits per heavy atom. The predicted octanol–water partition coefficient (Wildman–Crippen LogP) is 3.23. The Bertz CT molecular complexity index is 1030. The topological polar surface area (TPSA) is 98.9 Å². The van der Waals surface area contributed by atoms with E-state index >= 15 is 0 Å². The molecule has 3 aromatic rings. The molecule has 0 atom stereocenters. The molecule has 0 bridgehead atoms. The minimum atomic E-state index is -4.14. The van der Waals surface area contributed by atoms with Crippen molar-refractivity contribution >= 4 is 15.7 Å². The van der Waals surface area contributed by atoms with E-state index in [4.69, 9.17) is 9.68 Å². The number of nitrogens with one attached hydrogen (secondary N) is 2. The van der Waals surface area contributed by atoms with E-state index < -0.39 is 32.9 Å². The maximum Gasteiger partial charge on any atom is 0.263 e. The molecule has 0 unspecified atom stereocenters. The van der Waals surface area contributed by atoms with Crippen LogP contribution < -0.4 is 4.72 Å². The number of nitriles is 1. The van der Waals surface area contributed by atoms with Crippen LogP contribution in [0.1, 0.15) is 5.56 Å². The van der Waals surface area contributed by atoms with Gasteiger partial charge in [-0.1, -0.05) is 0 Å². The highest BCUT2D eigenvalue weighted by Gasteiger charge is 2.20. The molecule has 0 saturated heterocycles. The molecule has 0 radical (unpaired) electrons. The Morgan fingerprint density at radius 3 is 2.67 bits per heavy atom. The first-order valence-electron chi connectivity index (χ1n) is 6.53. The third-order valence-electron chi connectivity index (χ3n) is 3.22. The summed E-state index contributed by atoms with van der Waals surface area (Å²) >= 11 is 0. The van der Waals surface area contributed by atoms with Crippen LogP contribution in [0.3, 0.4) is 0 Å². The Hall–Kier alpha value is -3.12. The van der Waals surface area contributed by atoms with Gasteiger partial charge in [-0.3, -0.25) is 4.72 Å². The third-order valence-corrected chi connectivity index (χ3v) is 4.57. The second-order valence-electron chi connectivity index (χ2n) is 4.79. The Morgan fingerprint density at radius 2 is 2.00 bits per heavy atom. The number of furan rings is 1. The first-order valence-corrected chi connectivity index (χ1v) is 8.02. The van der Waals surface area contributed by atoms with Gasteiger partial charge < -0.3 is 9.40 Å². The van der Waals surface area contributed by atoms with E-state index in [1.54, 1.807) is 6.07 Å². The van der Waals surface area contributed by atoms with Crippen LogP contribution in [0.5, 0.6) is 0 Å². The van der Waals surface area contributed by atoms with Crippen molar-refractivity contribution in [3.63, 3.8) is 0 Å². The second kappa shape index (κ2) is 5.82. The molecule has 3 rings (SSSR count). The lowest BCUT2D eigenvalue weighted by molar-refractivity contribution is 0.568. The summed E-state index contributed by atoms with van der Waals surface area (Å²) in [6, 6.07) is 5.67. The highest BCUT2D eigenvalue weighted by molar-refractivity contribution is 7.92. The number of aromatic nitrogens is 1. The highest BCUT2D eigenvalue weighted by Crippen LogP contribution is 2.25. The molecule has 9 heteroatoms. The number of H-pyrrole nitrogens is 1. The van der Waals surface area contributed by atoms with Crippen molar-refractivity contribution in [1.29, 1.82) is 5.26 Å². The highest BCUT2D eigenvalue weighted by atomic mass is 32.2. The summed E-state index contributed by atoms with van der Waals surface area (Å²) < 4.78 is 58.8. The van der Waals surface area contributed by atoms with Gasteiger partial charge in [0.05, 0.1) is 29.5 Å². The van der Waals surface area contributed by atoms with Crippen molar-refractivity contribution in [2.45, 2.75) is 4.90 Å². The molecule has 6 nitrogen and oxygen atoms in total. The maximum atomic E-state index is 13.8. The summed E-state index contributed by atoms with van der Waals surface area (Å²) in [7, 11) is -4.14. The van der Waals surface area contributed by atoms with Crippen molar-refractivity contribution in [3.8, 4) is 17.3 Å². The van der Waals surface area contributed by atoms with Gasteiger partial charge >= 0.3 is 0 Å². The average molecular weight is 349 g/mol. The summed E-state index contributed by atoms with van der Waals surface area (Å²) in [6.07, 6.45) is 4.06. The van der Waals surface area contributed by atoms with Crippen LogP contribution in [0.25, 0.3) is 11.3 Å². The first kappa shape index (κ1) is 15.8. The van der Waals surface area contributed by atoms with Crippen LogP contribution in [0.15, 0.2) is 52.3 Å². The maximum absolute atomic E-state index is 13.8. The number of sulfonamides is 1. The van der Waals surface area contributed by atoms with Crippen molar-refractivity contribution in [2.24, 2.45) is 0 Å². The number of hydrogen-bond acceptors (Lipinski definition) is 4. The first-order chi connectivity index (χ1) is 11.4. The standard InChI is InChI=1S/C15H9F2N3O3S/c16-12-5-15(13(17)3-10(12)6-18)20-24(21,22)11-4-14(19-7-11)9-1-2-23-8-9/h1-5,7-8,19-20H. The van der Waals surface area contributed by atoms with Gasteiger partial charge in [0.25, 0.3) is 10.0 Å². The van der Waals surface area contributed by atoms with Gasteiger partial charge in [-0.05, 0) is 18.2 Å². The molecule has 1 aromatic carbocycles.